The van der Waals surface area contributed by atoms with Gasteiger partial charge in [-0.2, -0.15) is 0 Å². The average Bonchev–Trinajstić information content (AvgIpc) is 2.56. The van der Waals surface area contributed by atoms with Crippen LogP contribution in [0.5, 0.6) is 0 Å². The molecule has 5 heteroatoms. The van der Waals surface area contributed by atoms with Crippen molar-refractivity contribution in [1.82, 2.24) is 19.7 Å². The van der Waals surface area contributed by atoms with E-state index in [1.807, 2.05) is 0 Å². The van der Waals surface area contributed by atoms with Crippen molar-refractivity contribution in [3.8, 4) is 0 Å². The molecule has 0 radical (unpaired) electrons. The summed E-state index contributed by atoms with van der Waals surface area (Å²) in [5.41, 5.74) is 4.29. The van der Waals surface area contributed by atoms with Crippen LogP contribution in [0.1, 0.15) is 16.7 Å². The molecule has 0 bridgehead atoms. The Bertz CT molecular complexity index is 843. The molecule has 1 aromatic heterocycles. The molecule has 3 heterocycles. The van der Waals surface area contributed by atoms with Gasteiger partial charge in [0.05, 0.1) is 5.52 Å². The van der Waals surface area contributed by atoms with Gasteiger partial charge in [-0.05, 0) is 44.0 Å². The molecule has 0 amide bonds. The number of hydrogen-bond acceptors (Lipinski definition) is 4. The molecule has 1 unspecified atom stereocenters. The molecule has 2 saturated heterocycles. The summed E-state index contributed by atoms with van der Waals surface area (Å²) in [6, 6.07) is 6.97. The van der Waals surface area contributed by atoms with Crippen LogP contribution < -0.4 is 5.56 Å². The lowest BCUT2D eigenvalue weighted by atomic mass is 10.0. The first kappa shape index (κ1) is 16.8. The van der Waals surface area contributed by atoms with Crippen LogP contribution in [-0.2, 0) is 6.54 Å². The highest BCUT2D eigenvalue weighted by Gasteiger charge is 2.30. The summed E-state index contributed by atoms with van der Waals surface area (Å²) in [5, 5.41) is 1.14. The van der Waals surface area contributed by atoms with Crippen LogP contribution >= 0.6 is 0 Å². The Kier molecular flexibility index (Phi) is 4.40. The van der Waals surface area contributed by atoms with Gasteiger partial charge in [-0.1, -0.05) is 11.6 Å². The maximum Gasteiger partial charge on any atom is 0.252 e. The van der Waals surface area contributed by atoms with E-state index >= 15 is 0 Å². The Morgan fingerprint density at radius 3 is 2.72 bits per heavy atom. The van der Waals surface area contributed by atoms with Crippen LogP contribution in [0.2, 0.25) is 0 Å². The first-order valence-electron chi connectivity index (χ1n) is 9.28. The number of aryl methyl sites for hydroxylation is 2. The number of benzene rings is 1. The normalized spacial score (nSPS) is 23.1. The minimum atomic E-state index is 0.0580. The lowest BCUT2D eigenvalue weighted by molar-refractivity contribution is 0.0174. The van der Waals surface area contributed by atoms with Crippen molar-refractivity contribution in [2.45, 2.75) is 26.4 Å². The van der Waals surface area contributed by atoms with Gasteiger partial charge < -0.3 is 9.88 Å². The second-order valence-corrected chi connectivity index (χ2v) is 7.86. The quantitative estimate of drug-likeness (QED) is 0.901. The minimum absolute atomic E-state index is 0.0580. The molecule has 2 aliphatic heterocycles. The van der Waals surface area contributed by atoms with Gasteiger partial charge >= 0.3 is 0 Å². The fourth-order valence-corrected chi connectivity index (χ4v) is 4.41. The predicted molar refractivity (Wildman–Crippen MR) is 102 cm³/mol. The van der Waals surface area contributed by atoms with Gasteiger partial charge in [0.25, 0.3) is 5.56 Å². The lowest BCUT2D eigenvalue weighted by Gasteiger charge is -2.46. The molecular formula is C20H28N4O. The number of aromatic amines is 1. The Morgan fingerprint density at radius 2 is 1.88 bits per heavy atom. The third-order valence-electron chi connectivity index (χ3n) is 5.74. The van der Waals surface area contributed by atoms with E-state index in [-0.39, 0.29) is 5.56 Å². The molecule has 0 aliphatic carbocycles. The number of H-pyrrole nitrogens is 1. The third kappa shape index (κ3) is 3.36. The van der Waals surface area contributed by atoms with Gasteiger partial charge in [0.1, 0.15) is 0 Å². The van der Waals surface area contributed by atoms with Crippen molar-refractivity contribution in [3.63, 3.8) is 0 Å². The summed E-state index contributed by atoms with van der Waals surface area (Å²) in [4.78, 5) is 23.1. The lowest BCUT2D eigenvalue weighted by Crippen LogP contribution is -2.61. The van der Waals surface area contributed by atoms with Crippen LogP contribution in [0.15, 0.2) is 23.0 Å². The van der Waals surface area contributed by atoms with Crippen LogP contribution in [0.25, 0.3) is 10.9 Å². The van der Waals surface area contributed by atoms with Crippen LogP contribution in [-0.4, -0.2) is 72.0 Å². The number of likely N-dealkylation sites (N-methyl/N-ethyl adjacent to an activating group) is 1. The van der Waals surface area contributed by atoms with Gasteiger partial charge in [-0.25, -0.2) is 0 Å². The van der Waals surface area contributed by atoms with Crippen LogP contribution in [0, 0.1) is 13.8 Å². The van der Waals surface area contributed by atoms with Crippen molar-refractivity contribution in [3.05, 3.63) is 45.2 Å². The number of nitrogens with one attached hydrogen (secondary N) is 1. The molecule has 5 nitrogen and oxygen atoms in total. The van der Waals surface area contributed by atoms with Gasteiger partial charge in [-0.3, -0.25) is 14.6 Å². The average molecular weight is 340 g/mol. The molecule has 4 rings (SSSR count). The van der Waals surface area contributed by atoms with E-state index in [1.54, 1.807) is 0 Å². The van der Waals surface area contributed by atoms with E-state index in [9.17, 15) is 4.79 Å². The second-order valence-electron chi connectivity index (χ2n) is 7.86. The number of aromatic nitrogens is 1. The summed E-state index contributed by atoms with van der Waals surface area (Å²) in [5.74, 6) is 0. The van der Waals surface area contributed by atoms with Crippen molar-refractivity contribution in [2.24, 2.45) is 0 Å². The van der Waals surface area contributed by atoms with E-state index < -0.39 is 0 Å². The van der Waals surface area contributed by atoms with Crippen molar-refractivity contribution in [1.29, 1.82) is 0 Å². The molecule has 2 aliphatic rings. The summed E-state index contributed by atoms with van der Waals surface area (Å²) >= 11 is 0. The Balaban J connectivity index is 1.56. The van der Waals surface area contributed by atoms with Crippen LogP contribution in [0.4, 0.5) is 0 Å². The van der Waals surface area contributed by atoms with E-state index in [0.717, 1.165) is 54.8 Å². The summed E-state index contributed by atoms with van der Waals surface area (Å²) in [6.07, 6.45) is 0. The van der Waals surface area contributed by atoms with Gasteiger partial charge in [0, 0.05) is 57.4 Å². The highest BCUT2D eigenvalue weighted by atomic mass is 16.1. The summed E-state index contributed by atoms with van der Waals surface area (Å²) in [7, 11) is 2.20. The van der Waals surface area contributed by atoms with E-state index in [4.69, 9.17) is 0 Å². The molecule has 2 aromatic rings. The molecular weight excluding hydrogens is 312 g/mol. The largest absolute Gasteiger partial charge is 0.321 e. The smallest absolute Gasteiger partial charge is 0.252 e. The number of pyridine rings is 1. The first-order valence-corrected chi connectivity index (χ1v) is 9.28. The number of hydrogen-bond donors (Lipinski definition) is 1. The van der Waals surface area contributed by atoms with E-state index in [0.29, 0.717) is 6.04 Å². The number of fused-ring (bicyclic) bond motifs is 2. The monoisotopic (exact) mass is 340 g/mol. The van der Waals surface area contributed by atoms with Gasteiger partial charge in [-0.15, -0.1) is 0 Å². The van der Waals surface area contributed by atoms with Crippen molar-refractivity contribution >= 4 is 10.9 Å². The molecule has 134 valence electrons. The predicted octanol–water partition coefficient (Wildman–Crippen LogP) is 1.58. The molecule has 1 aromatic carbocycles. The Labute approximate surface area is 149 Å². The molecule has 1 N–H and O–H groups in total. The summed E-state index contributed by atoms with van der Waals surface area (Å²) in [6.45, 7) is 11.6. The standard InChI is InChI=1S/C20H28N4O/c1-14-8-15(2)19-16(9-14)10-17(20(25)21-19)11-23-5-7-24-6-4-22(3)12-18(24)13-23/h8-10,18H,4-7,11-13H2,1-3H3,(H,21,25). The molecule has 2 fully saturated rings. The van der Waals surface area contributed by atoms with Crippen molar-refractivity contribution < 1.29 is 0 Å². The second kappa shape index (κ2) is 6.56. The zero-order chi connectivity index (χ0) is 17.6. The fourth-order valence-electron chi connectivity index (χ4n) is 4.41. The maximum absolute atomic E-state index is 12.6. The molecule has 0 spiro atoms. The van der Waals surface area contributed by atoms with E-state index in [2.05, 4.69) is 58.8 Å². The highest BCUT2D eigenvalue weighted by Crippen LogP contribution is 2.20. The molecule has 25 heavy (non-hydrogen) atoms. The van der Waals surface area contributed by atoms with Gasteiger partial charge in [0.15, 0.2) is 0 Å². The SMILES string of the molecule is Cc1cc(C)c2[nH]c(=O)c(CN3CCN4CCN(C)CC4C3)cc2c1. The first-order chi connectivity index (χ1) is 12.0. The van der Waals surface area contributed by atoms with Crippen LogP contribution in [0.3, 0.4) is 0 Å². The fraction of sp³-hybridized carbons (Fsp3) is 0.550. The zero-order valence-corrected chi connectivity index (χ0v) is 15.5. The van der Waals surface area contributed by atoms with Gasteiger partial charge in [0.2, 0.25) is 0 Å². The highest BCUT2D eigenvalue weighted by molar-refractivity contribution is 5.82. The third-order valence-corrected chi connectivity index (χ3v) is 5.74. The minimum Gasteiger partial charge on any atom is -0.321 e. The zero-order valence-electron chi connectivity index (χ0n) is 15.5. The van der Waals surface area contributed by atoms with E-state index in [1.165, 1.54) is 18.7 Å². The van der Waals surface area contributed by atoms with Crippen molar-refractivity contribution in [2.75, 3.05) is 46.3 Å². The number of piperazine rings is 2. The molecule has 0 saturated carbocycles. The molecule has 1 atom stereocenters. The summed E-state index contributed by atoms with van der Waals surface area (Å²) < 4.78 is 0. The Hall–Kier alpha value is -1.69. The number of rotatable bonds is 2. The maximum atomic E-state index is 12.6. The Morgan fingerprint density at radius 1 is 1.08 bits per heavy atom. The topological polar surface area (TPSA) is 42.6 Å². The number of nitrogens with zero attached hydrogens (tertiary/aromatic N) is 3.